The highest BCUT2D eigenvalue weighted by molar-refractivity contribution is 7.94. The first kappa shape index (κ1) is 27.8. The first-order chi connectivity index (χ1) is 14.2. The molecule has 2 rings (SSSR count). The van der Waals surface area contributed by atoms with Gasteiger partial charge in [0.15, 0.2) is 0 Å². The van der Waals surface area contributed by atoms with Crippen molar-refractivity contribution in [2.24, 2.45) is 0 Å². The number of nitrogens with one attached hydrogen (secondary N) is 2. The molecule has 0 unspecified atom stereocenters. The predicted octanol–water partition coefficient (Wildman–Crippen LogP) is 4.48. The number of rotatable bonds is 4. The summed E-state index contributed by atoms with van der Waals surface area (Å²) in [4.78, 5) is 8.11. The number of aromatic nitrogens is 2. The minimum absolute atomic E-state index is 0.319. The van der Waals surface area contributed by atoms with Crippen molar-refractivity contribution in [2.45, 2.75) is 78.7 Å². The van der Waals surface area contributed by atoms with Crippen molar-refractivity contribution in [3.8, 4) is 0 Å². The molecule has 1 heterocycles. The zero-order chi connectivity index (χ0) is 25.1. The van der Waals surface area contributed by atoms with E-state index < -0.39 is 29.5 Å². The second-order valence-electron chi connectivity index (χ2n) is 9.68. The van der Waals surface area contributed by atoms with E-state index in [1.807, 2.05) is 26.0 Å². The van der Waals surface area contributed by atoms with Gasteiger partial charge >= 0.3 is 0 Å². The van der Waals surface area contributed by atoms with Crippen LogP contribution in [0.3, 0.4) is 0 Å². The molecule has 0 radical (unpaired) electrons. The standard InChI is InChI=1S/C12H19NO2S.C10H17N3O2S/c1-9-6-7-11(8-10(9)2)13-16(14,15)12(3,4)5;1-7-6-9(12-8(2)11-7)13-16(14,15)10(3,4)5/h6-8,13H,1-5H3;6H,1-5H3,(H,11,12,13). The molecule has 0 amide bonds. The van der Waals surface area contributed by atoms with Crippen molar-refractivity contribution in [1.29, 1.82) is 0 Å². The van der Waals surface area contributed by atoms with Crippen molar-refractivity contribution in [3.63, 3.8) is 0 Å². The van der Waals surface area contributed by atoms with Gasteiger partial charge in [0, 0.05) is 17.4 Å². The minimum Gasteiger partial charge on any atom is -0.283 e. The summed E-state index contributed by atoms with van der Waals surface area (Å²) in [5.41, 5.74) is 3.59. The fourth-order valence-electron chi connectivity index (χ4n) is 2.17. The lowest BCUT2D eigenvalue weighted by Crippen LogP contribution is -2.34. The van der Waals surface area contributed by atoms with Gasteiger partial charge in [0.2, 0.25) is 20.0 Å². The third kappa shape index (κ3) is 7.74. The summed E-state index contributed by atoms with van der Waals surface area (Å²) in [5.74, 6) is 0.867. The number of hydrogen-bond donors (Lipinski definition) is 2. The van der Waals surface area contributed by atoms with Crippen LogP contribution < -0.4 is 9.44 Å². The summed E-state index contributed by atoms with van der Waals surface area (Å²) >= 11 is 0. The van der Waals surface area contributed by atoms with Crippen LogP contribution in [0.4, 0.5) is 11.5 Å². The SMILES string of the molecule is Cc1cc(NS(=O)(=O)C(C)(C)C)nc(C)n1.Cc1ccc(NS(=O)(=O)C(C)(C)C)cc1C. The normalized spacial score (nSPS) is 12.6. The highest BCUT2D eigenvalue weighted by atomic mass is 32.2. The number of benzene rings is 1. The lowest BCUT2D eigenvalue weighted by molar-refractivity contribution is 0.565. The highest BCUT2D eigenvalue weighted by Gasteiger charge is 2.30. The van der Waals surface area contributed by atoms with E-state index in [0.29, 0.717) is 17.3 Å². The Bertz CT molecular complexity index is 1140. The number of nitrogens with zero attached hydrogens (tertiary/aromatic N) is 2. The van der Waals surface area contributed by atoms with E-state index in [2.05, 4.69) is 19.4 Å². The Morgan fingerprint density at radius 3 is 1.62 bits per heavy atom. The molecule has 0 atom stereocenters. The highest BCUT2D eigenvalue weighted by Crippen LogP contribution is 2.21. The van der Waals surface area contributed by atoms with Crippen LogP contribution in [0.5, 0.6) is 0 Å². The molecule has 0 bridgehead atoms. The van der Waals surface area contributed by atoms with Crippen molar-refractivity contribution < 1.29 is 16.8 Å². The summed E-state index contributed by atoms with van der Waals surface area (Å²) in [6, 6.07) is 7.15. The summed E-state index contributed by atoms with van der Waals surface area (Å²) in [6.07, 6.45) is 0. The maximum Gasteiger partial charge on any atom is 0.238 e. The zero-order valence-electron chi connectivity index (χ0n) is 20.7. The van der Waals surface area contributed by atoms with Crippen LogP contribution in [-0.2, 0) is 20.0 Å². The van der Waals surface area contributed by atoms with Gasteiger partial charge in [-0.3, -0.25) is 9.44 Å². The van der Waals surface area contributed by atoms with Crippen molar-refractivity contribution in [3.05, 3.63) is 46.9 Å². The molecule has 0 aliphatic heterocycles. The van der Waals surface area contributed by atoms with Gasteiger partial charge in [-0.05, 0) is 92.5 Å². The topological polar surface area (TPSA) is 118 Å². The van der Waals surface area contributed by atoms with Crippen molar-refractivity contribution >= 4 is 31.6 Å². The fraction of sp³-hybridized carbons (Fsp3) is 0.545. The molecule has 0 saturated heterocycles. The average molecular weight is 485 g/mol. The lowest BCUT2D eigenvalue weighted by atomic mass is 10.1. The zero-order valence-corrected chi connectivity index (χ0v) is 22.3. The molecule has 8 nitrogen and oxygen atoms in total. The summed E-state index contributed by atoms with van der Waals surface area (Å²) < 4.78 is 51.0. The minimum atomic E-state index is -3.42. The summed E-state index contributed by atoms with van der Waals surface area (Å²) in [7, 11) is -6.75. The maximum absolute atomic E-state index is 11.9. The van der Waals surface area contributed by atoms with Crippen molar-refractivity contribution in [1.82, 2.24) is 9.97 Å². The van der Waals surface area contributed by atoms with Gasteiger partial charge in [-0.1, -0.05) is 6.07 Å². The molecule has 10 heteroatoms. The third-order valence-electron chi connectivity index (χ3n) is 4.58. The molecule has 1 aromatic carbocycles. The van der Waals surface area contributed by atoms with E-state index in [4.69, 9.17) is 0 Å². The smallest absolute Gasteiger partial charge is 0.238 e. The monoisotopic (exact) mass is 484 g/mol. The first-order valence-corrected chi connectivity index (χ1v) is 13.2. The van der Waals surface area contributed by atoms with Crippen LogP contribution in [0.15, 0.2) is 24.3 Å². The molecule has 0 aliphatic rings. The van der Waals surface area contributed by atoms with Gasteiger partial charge in [0.25, 0.3) is 0 Å². The Hall–Kier alpha value is -2.20. The van der Waals surface area contributed by atoms with E-state index in [9.17, 15) is 16.8 Å². The Kier molecular flexibility index (Phi) is 8.47. The van der Waals surface area contributed by atoms with E-state index in [1.165, 1.54) is 0 Å². The van der Waals surface area contributed by atoms with E-state index in [-0.39, 0.29) is 0 Å². The maximum atomic E-state index is 11.9. The molecule has 0 spiro atoms. The van der Waals surface area contributed by atoms with Crippen LogP contribution in [0.25, 0.3) is 0 Å². The van der Waals surface area contributed by atoms with Crippen LogP contribution in [0, 0.1) is 27.7 Å². The fourth-order valence-corrected chi connectivity index (χ4v) is 3.60. The molecule has 32 heavy (non-hydrogen) atoms. The summed E-state index contributed by atoms with van der Waals surface area (Å²) in [5, 5.41) is 0. The van der Waals surface area contributed by atoms with E-state index in [0.717, 1.165) is 16.8 Å². The van der Waals surface area contributed by atoms with Gasteiger partial charge in [0.05, 0.1) is 9.49 Å². The van der Waals surface area contributed by atoms with E-state index in [1.54, 1.807) is 67.5 Å². The number of anilines is 2. The van der Waals surface area contributed by atoms with Crippen LogP contribution in [-0.4, -0.2) is 36.3 Å². The van der Waals surface area contributed by atoms with Gasteiger partial charge in [-0.2, -0.15) is 0 Å². The van der Waals surface area contributed by atoms with Gasteiger partial charge < -0.3 is 0 Å². The van der Waals surface area contributed by atoms with Crippen LogP contribution in [0.1, 0.15) is 64.2 Å². The van der Waals surface area contributed by atoms with Crippen LogP contribution >= 0.6 is 0 Å². The molecule has 0 saturated carbocycles. The van der Waals surface area contributed by atoms with E-state index >= 15 is 0 Å². The summed E-state index contributed by atoms with van der Waals surface area (Å²) in [6.45, 7) is 17.4. The van der Waals surface area contributed by atoms with Gasteiger partial charge in [-0.15, -0.1) is 0 Å². The molecule has 0 fully saturated rings. The molecule has 2 N–H and O–H groups in total. The number of aryl methyl sites for hydroxylation is 4. The Morgan fingerprint density at radius 2 is 1.19 bits per heavy atom. The molecule has 2 aromatic rings. The second kappa shape index (κ2) is 9.74. The molecule has 180 valence electrons. The Balaban J connectivity index is 0.000000320. The number of sulfonamides is 2. The third-order valence-corrected chi connectivity index (χ3v) is 8.78. The van der Waals surface area contributed by atoms with Crippen LogP contribution in [0.2, 0.25) is 0 Å². The molecule has 0 aliphatic carbocycles. The van der Waals surface area contributed by atoms with Crippen molar-refractivity contribution in [2.75, 3.05) is 9.44 Å². The molecular formula is C22H36N4O4S2. The first-order valence-electron chi connectivity index (χ1n) is 10.2. The predicted molar refractivity (Wildman–Crippen MR) is 132 cm³/mol. The van der Waals surface area contributed by atoms with Gasteiger partial charge in [0.1, 0.15) is 11.6 Å². The largest absolute Gasteiger partial charge is 0.283 e. The van der Waals surface area contributed by atoms with Gasteiger partial charge in [-0.25, -0.2) is 26.8 Å². The second-order valence-corrected chi connectivity index (χ2v) is 14.5. The number of hydrogen-bond acceptors (Lipinski definition) is 6. The Morgan fingerprint density at radius 1 is 0.688 bits per heavy atom. The molecule has 1 aromatic heterocycles. The quantitative estimate of drug-likeness (QED) is 0.661. The molecular weight excluding hydrogens is 448 g/mol. The average Bonchev–Trinajstić information content (AvgIpc) is 2.55. The Labute approximate surface area is 193 Å². The lowest BCUT2D eigenvalue weighted by Gasteiger charge is -2.20.